The number of hydrogen-bond donors (Lipinski definition) is 2. The third kappa shape index (κ3) is 4.94. The lowest BCUT2D eigenvalue weighted by Crippen LogP contribution is -2.33. The van der Waals surface area contributed by atoms with Gasteiger partial charge in [0.05, 0.1) is 11.3 Å². The van der Waals surface area contributed by atoms with E-state index in [2.05, 4.69) is 4.98 Å². The Morgan fingerprint density at radius 1 is 0.963 bits per heavy atom. The molecule has 0 aliphatic carbocycles. The number of carbonyl (C=O) groups excluding carboxylic acids is 1. The molecular weight excluding hydrogens is 345 g/mol. The first-order valence-electron chi connectivity index (χ1n) is 8.36. The molecular formula is C20H18BNO5. The largest absolute Gasteiger partial charge is 0.489 e. The number of ether oxygens (including phenoxy) is 2. The van der Waals surface area contributed by atoms with E-state index in [1.165, 1.54) is 6.07 Å². The van der Waals surface area contributed by atoms with Crippen LogP contribution in [0.2, 0.25) is 0 Å². The van der Waals surface area contributed by atoms with E-state index < -0.39 is 7.12 Å². The van der Waals surface area contributed by atoms with E-state index in [-0.39, 0.29) is 23.4 Å². The highest BCUT2D eigenvalue weighted by atomic mass is 16.5. The van der Waals surface area contributed by atoms with Gasteiger partial charge in [-0.15, -0.1) is 0 Å². The van der Waals surface area contributed by atoms with Gasteiger partial charge < -0.3 is 19.5 Å². The minimum Gasteiger partial charge on any atom is -0.488 e. The van der Waals surface area contributed by atoms with Crippen molar-refractivity contribution in [3.63, 3.8) is 0 Å². The van der Waals surface area contributed by atoms with Crippen LogP contribution in [0.4, 0.5) is 0 Å². The quantitative estimate of drug-likeness (QED) is 0.468. The van der Waals surface area contributed by atoms with Gasteiger partial charge in [-0.05, 0) is 41.4 Å². The molecule has 0 saturated carbocycles. The fraction of sp³-hybridized carbons (Fsp3) is 0.100. The summed E-state index contributed by atoms with van der Waals surface area (Å²) >= 11 is 0. The summed E-state index contributed by atoms with van der Waals surface area (Å²) in [4.78, 5) is 15.5. The number of carbonyl (C=O) groups is 1. The molecule has 3 rings (SSSR count). The Morgan fingerprint density at radius 3 is 2.56 bits per heavy atom. The topological polar surface area (TPSA) is 88.9 Å². The monoisotopic (exact) mass is 363 g/mol. The molecule has 0 atom stereocenters. The molecule has 1 aromatic heterocycles. The Hall–Kier alpha value is -3.16. The van der Waals surface area contributed by atoms with Crippen LogP contribution in [0.15, 0.2) is 66.9 Å². The molecule has 3 aromatic rings. The van der Waals surface area contributed by atoms with Crippen molar-refractivity contribution < 1.29 is 24.3 Å². The highest BCUT2D eigenvalue weighted by Gasteiger charge is 2.18. The summed E-state index contributed by atoms with van der Waals surface area (Å²) in [5.74, 6) is 0.965. The van der Waals surface area contributed by atoms with Crippen molar-refractivity contribution >= 4 is 18.9 Å². The average molecular weight is 363 g/mol. The van der Waals surface area contributed by atoms with Gasteiger partial charge in [0.25, 0.3) is 0 Å². The smallest absolute Gasteiger partial charge is 0.488 e. The minimum absolute atomic E-state index is 0.106. The number of aldehydes is 1. The van der Waals surface area contributed by atoms with Gasteiger partial charge in [-0.1, -0.05) is 30.3 Å². The standard InChI is InChI=1S/C20H18BNO5/c23-12-18-19(21(24)25)8-4-9-20(18)27-13-15-5-3-7-17(11-15)26-14-16-6-1-2-10-22-16/h1-12,24-25H,13-14H2. The van der Waals surface area contributed by atoms with E-state index in [4.69, 9.17) is 9.47 Å². The second-order valence-corrected chi connectivity index (χ2v) is 5.80. The van der Waals surface area contributed by atoms with E-state index in [1.54, 1.807) is 18.3 Å². The average Bonchev–Trinajstić information content (AvgIpc) is 2.71. The fourth-order valence-corrected chi connectivity index (χ4v) is 2.57. The predicted octanol–water partition coefficient (Wildman–Crippen LogP) is 1.73. The molecule has 0 radical (unpaired) electrons. The van der Waals surface area contributed by atoms with Crippen LogP contribution in [0.3, 0.4) is 0 Å². The highest BCUT2D eigenvalue weighted by molar-refractivity contribution is 6.60. The fourth-order valence-electron chi connectivity index (χ4n) is 2.57. The van der Waals surface area contributed by atoms with Crippen molar-refractivity contribution in [2.75, 3.05) is 0 Å². The normalized spacial score (nSPS) is 10.3. The number of benzene rings is 2. The second kappa shape index (κ2) is 8.98. The SMILES string of the molecule is O=Cc1c(OCc2cccc(OCc3ccccn3)c2)cccc1B(O)O. The molecule has 0 bridgehead atoms. The minimum atomic E-state index is -1.74. The summed E-state index contributed by atoms with van der Waals surface area (Å²) in [5, 5.41) is 18.7. The molecule has 27 heavy (non-hydrogen) atoms. The van der Waals surface area contributed by atoms with Gasteiger partial charge in [0, 0.05) is 6.20 Å². The van der Waals surface area contributed by atoms with E-state index in [9.17, 15) is 14.8 Å². The molecule has 2 aromatic carbocycles. The molecule has 0 unspecified atom stereocenters. The summed E-state index contributed by atoms with van der Waals surface area (Å²) in [6, 6.07) is 17.7. The number of nitrogens with zero attached hydrogens (tertiary/aromatic N) is 1. The van der Waals surface area contributed by atoms with E-state index >= 15 is 0 Å². The van der Waals surface area contributed by atoms with Gasteiger partial charge in [-0.3, -0.25) is 9.78 Å². The summed E-state index contributed by atoms with van der Waals surface area (Å²) in [6.45, 7) is 0.559. The van der Waals surface area contributed by atoms with Crippen molar-refractivity contribution in [1.29, 1.82) is 0 Å². The molecule has 0 amide bonds. The van der Waals surface area contributed by atoms with Crippen LogP contribution in [0.5, 0.6) is 11.5 Å². The van der Waals surface area contributed by atoms with Crippen LogP contribution in [0.25, 0.3) is 0 Å². The lowest BCUT2D eigenvalue weighted by Gasteiger charge is -2.12. The van der Waals surface area contributed by atoms with E-state index in [1.807, 2.05) is 42.5 Å². The first-order valence-corrected chi connectivity index (χ1v) is 8.36. The van der Waals surface area contributed by atoms with Gasteiger partial charge in [0.1, 0.15) is 24.7 Å². The van der Waals surface area contributed by atoms with Crippen LogP contribution in [0.1, 0.15) is 21.6 Å². The van der Waals surface area contributed by atoms with Crippen molar-refractivity contribution in [2.24, 2.45) is 0 Å². The van der Waals surface area contributed by atoms with Gasteiger partial charge in [0.15, 0.2) is 6.29 Å². The first kappa shape index (κ1) is 18.6. The third-order valence-electron chi connectivity index (χ3n) is 3.90. The predicted molar refractivity (Wildman–Crippen MR) is 101 cm³/mol. The number of aromatic nitrogens is 1. The molecule has 136 valence electrons. The number of pyridine rings is 1. The number of rotatable bonds is 8. The summed E-state index contributed by atoms with van der Waals surface area (Å²) in [6.07, 6.45) is 2.27. The van der Waals surface area contributed by atoms with Gasteiger partial charge >= 0.3 is 7.12 Å². The van der Waals surface area contributed by atoms with Gasteiger partial charge in [-0.2, -0.15) is 0 Å². The molecule has 0 fully saturated rings. The maximum absolute atomic E-state index is 11.3. The van der Waals surface area contributed by atoms with Crippen LogP contribution >= 0.6 is 0 Å². The van der Waals surface area contributed by atoms with Gasteiger partial charge in [-0.25, -0.2) is 0 Å². The summed E-state index contributed by atoms with van der Waals surface area (Å²) < 4.78 is 11.4. The van der Waals surface area contributed by atoms with Crippen LogP contribution in [-0.4, -0.2) is 28.4 Å². The maximum atomic E-state index is 11.3. The molecule has 0 spiro atoms. The van der Waals surface area contributed by atoms with E-state index in [0.29, 0.717) is 18.6 Å². The zero-order valence-corrected chi connectivity index (χ0v) is 14.5. The lowest BCUT2D eigenvalue weighted by atomic mass is 9.77. The molecule has 6 nitrogen and oxygen atoms in total. The Labute approximate surface area is 157 Å². The zero-order valence-electron chi connectivity index (χ0n) is 14.5. The van der Waals surface area contributed by atoms with Gasteiger partial charge in [0.2, 0.25) is 0 Å². The maximum Gasteiger partial charge on any atom is 0.489 e. The van der Waals surface area contributed by atoms with E-state index in [0.717, 1.165) is 11.3 Å². The Morgan fingerprint density at radius 2 is 1.81 bits per heavy atom. The van der Waals surface area contributed by atoms with Crippen LogP contribution in [0, 0.1) is 0 Å². The first-order chi connectivity index (χ1) is 13.2. The number of hydrogen-bond acceptors (Lipinski definition) is 6. The van der Waals surface area contributed by atoms with Crippen molar-refractivity contribution in [3.05, 3.63) is 83.7 Å². The van der Waals surface area contributed by atoms with Crippen molar-refractivity contribution in [3.8, 4) is 11.5 Å². The molecule has 0 aliphatic heterocycles. The molecule has 0 saturated heterocycles. The lowest BCUT2D eigenvalue weighted by molar-refractivity contribution is 0.111. The molecule has 7 heteroatoms. The Bertz CT molecular complexity index is 902. The van der Waals surface area contributed by atoms with Crippen LogP contribution in [-0.2, 0) is 13.2 Å². The third-order valence-corrected chi connectivity index (χ3v) is 3.90. The highest BCUT2D eigenvalue weighted by Crippen LogP contribution is 2.19. The molecule has 0 aliphatic rings. The second-order valence-electron chi connectivity index (χ2n) is 5.80. The summed E-state index contributed by atoms with van der Waals surface area (Å²) in [7, 11) is -1.74. The zero-order chi connectivity index (χ0) is 19.1. The Balaban J connectivity index is 1.67. The molecule has 2 N–H and O–H groups in total. The van der Waals surface area contributed by atoms with Crippen molar-refractivity contribution in [2.45, 2.75) is 13.2 Å². The summed E-state index contributed by atoms with van der Waals surface area (Å²) in [5.41, 5.74) is 1.90. The molecule has 1 heterocycles. The van der Waals surface area contributed by atoms with Crippen LogP contribution < -0.4 is 14.9 Å². The Kier molecular flexibility index (Phi) is 6.20. The van der Waals surface area contributed by atoms with Crippen molar-refractivity contribution in [1.82, 2.24) is 4.98 Å².